The van der Waals surface area contributed by atoms with E-state index in [4.69, 9.17) is 22.2 Å². The summed E-state index contributed by atoms with van der Waals surface area (Å²) in [5.74, 6) is 5.28. The van der Waals surface area contributed by atoms with E-state index in [2.05, 4.69) is 5.43 Å². The van der Waals surface area contributed by atoms with Crippen LogP contribution in [0.5, 0.6) is 0 Å². The molecule has 19 heavy (non-hydrogen) atoms. The lowest BCUT2D eigenvalue weighted by Crippen LogP contribution is -2.54. The summed E-state index contributed by atoms with van der Waals surface area (Å²) in [5.41, 5.74) is 3.46. The minimum Gasteiger partial charge on any atom is -0.377 e. The number of methoxy groups -OCH3 is 1. The molecule has 0 bridgehead atoms. The van der Waals surface area contributed by atoms with Crippen molar-refractivity contribution in [2.45, 2.75) is 43.7 Å². The van der Waals surface area contributed by atoms with E-state index in [1.807, 2.05) is 6.07 Å². The van der Waals surface area contributed by atoms with E-state index < -0.39 is 5.82 Å². The Morgan fingerprint density at radius 1 is 1.47 bits per heavy atom. The third-order valence-electron chi connectivity index (χ3n) is 4.12. The fraction of sp³-hybridized carbons (Fsp3) is 0.571. The number of rotatable bonds is 5. The molecule has 0 heterocycles. The van der Waals surface area contributed by atoms with Gasteiger partial charge < -0.3 is 4.74 Å². The van der Waals surface area contributed by atoms with Crippen LogP contribution >= 0.6 is 11.6 Å². The molecule has 0 radical (unpaired) electrons. The number of nitrogens with two attached hydrogens (primary N) is 1. The van der Waals surface area contributed by atoms with Gasteiger partial charge in [0.2, 0.25) is 0 Å². The molecule has 3 nitrogen and oxygen atoms in total. The summed E-state index contributed by atoms with van der Waals surface area (Å²) in [7, 11) is 1.72. The average molecular weight is 287 g/mol. The molecule has 0 amide bonds. The van der Waals surface area contributed by atoms with Crippen LogP contribution in [0.15, 0.2) is 18.2 Å². The van der Waals surface area contributed by atoms with Crippen molar-refractivity contribution in [3.63, 3.8) is 0 Å². The Labute approximate surface area is 118 Å². The highest BCUT2D eigenvalue weighted by molar-refractivity contribution is 6.30. The number of hydrogen-bond donors (Lipinski definition) is 2. The molecule has 1 aliphatic carbocycles. The normalized spacial score (nSPS) is 19.6. The average Bonchev–Trinajstić information content (AvgIpc) is 2.90. The number of hydrazine groups is 1. The molecule has 2 rings (SSSR count). The molecule has 3 N–H and O–H groups in total. The first-order chi connectivity index (χ1) is 9.11. The molecule has 1 aliphatic rings. The zero-order valence-corrected chi connectivity index (χ0v) is 11.8. The van der Waals surface area contributed by atoms with Gasteiger partial charge in [0.15, 0.2) is 0 Å². The summed E-state index contributed by atoms with van der Waals surface area (Å²) in [4.78, 5) is 0. The zero-order chi connectivity index (χ0) is 13.9. The highest BCUT2D eigenvalue weighted by Crippen LogP contribution is 2.36. The minimum atomic E-state index is -0.396. The minimum absolute atomic E-state index is 0.0272. The maximum absolute atomic E-state index is 13.5. The van der Waals surface area contributed by atoms with Gasteiger partial charge in [-0.05, 0) is 37.0 Å². The number of halogens is 2. The summed E-state index contributed by atoms with van der Waals surface area (Å²) >= 11 is 5.69. The van der Waals surface area contributed by atoms with Gasteiger partial charge in [-0.3, -0.25) is 11.3 Å². The van der Waals surface area contributed by atoms with Crippen LogP contribution in [0.2, 0.25) is 5.02 Å². The first-order valence-corrected chi connectivity index (χ1v) is 6.94. The van der Waals surface area contributed by atoms with Crippen molar-refractivity contribution in [1.29, 1.82) is 0 Å². The molecule has 1 fully saturated rings. The van der Waals surface area contributed by atoms with Gasteiger partial charge in [0.25, 0.3) is 0 Å². The van der Waals surface area contributed by atoms with Crippen LogP contribution in [0, 0.1) is 5.82 Å². The van der Waals surface area contributed by atoms with Gasteiger partial charge in [-0.1, -0.05) is 30.5 Å². The number of ether oxygens (including phenoxy) is 1. The molecular formula is C14H20ClFN2O. The maximum atomic E-state index is 13.5. The lowest BCUT2D eigenvalue weighted by Gasteiger charge is -2.36. The molecule has 1 unspecified atom stereocenters. The fourth-order valence-corrected chi connectivity index (χ4v) is 3.08. The molecule has 106 valence electrons. The summed E-state index contributed by atoms with van der Waals surface area (Å²) in [6.45, 7) is 0. The summed E-state index contributed by atoms with van der Waals surface area (Å²) in [5, 5.41) is 0.142. The van der Waals surface area contributed by atoms with Crippen LogP contribution in [0.1, 0.15) is 31.2 Å². The molecule has 0 saturated heterocycles. The highest BCUT2D eigenvalue weighted by Gasteiger charge is 2.41. The molecule has 0 aliphatic heterocycles. The monoisotopic (exact) mass is 286 g/mol. The van der Waals surface area contributed by atoms with Gasteiger partial charge in [0.05, 0.1) is 16.7 Å². The summed E-state index contributed by atoms with van der Waals surface area (Å²) in [6.07, 6.45) is 4.86. The Kier molecular flexibility index (Phi) is 4.79. The predicted molar refractivity (Wildman–Crippen MR) is 74.4 cm³/mol. The van der Waals surface area contributed by atoms with Crippen LogP contribution in [0.25, 0.3) is 0 Å². The summed E-state index contributed by atoms with van der Waals surface area (Å²) in [6, 6.07) is 4.84. The van der Waals surface area contributed by atoms with E-state index in [0.29, 0.717) is 6.42 Å². The van der Waals surface area contributed by atoms with Crippen LogP contribution in [0.4, 0.5) is 4.39 Å². The molecule has 1 saturated carbocycles. The molecule has 1 atom stereocenters. The Hall–Kier alpha value is -0.680. The van der Waals surface area contributed by atoms with Crippen molar-refractivity contribution in [1.82, 2.24) is 5.43 Å². The molecule has 0 spiro atoms. The van der Waals surface area contributed by atoms with Crippen LogP contribution in [0.3, 0.4) is 0 Å². The van der Waals surface area contributed by atoms with Gasteiger partial charge in [-0.25, -0.2) is 4.39 Å². The van der Waals surface area contributed by atoms with E-state index in [-0.39, 0.29) is 16.7 Å². The van der Waals surface area contributed by atoms with Gasteiger partial charge >= 0.3 is 0 Å². The van der Waals surface area contributed by atoms with Gasteiger partial charge in [0.1, 0.15) is 5.82 Å². The maximum Gasteiger partial charge on any atom is 0.142 e. The third kappa shape index (κ3) is 3.08. The molecular weight excluding hydrogens is 267 g/mol. The van der Waals surface area contributed by atoms with E-state index in [9.17, 15) is 4.39 Å². The van der Waals surface area contributed by atoms with Crippen LogP contribution in [-0.4, -0.2) is 18.8 Å². The van der Waals surface area contributed by atoms with Crippen molar-refractivity contribution in [3.05, 3.63) is 34.6 Å². The van der Waals surface area contributed by atoms with Crippen LogP contribution < -0.4 is 11.3 Å². The zero-order valence-electron chi connectivity index (χ0n) is 11.1. The summed E-state index contributed by atoms with van der Waals surface area (Å²) < 4.78 is 19.2. The largest absolute Gasteiger partial charge is 0.377 e. The van der Waals surface area contributed by atoms with Crippen LogP contribution in [-0.2, 0) is 11.2 Å². The van der Waals surface area contributed by atoms with E-state index in [1.165, 1.54) is 6.07 Å². The van der Waals surface area contributed by atoms with Crippen molar-refractivity contribution < 1.29 is 9.13 Å². The lowest BCUT2D eigenvalue weighted by molar-refractivity contribution is -0.0356. The second-order valence-corrected chi connectivity index (χ2v) is 5.56. The Bertz CT molecular complexity index is 435. The standard InChI is InChI=1S/C14H20ClFN2O/c1-19-14(6-2-3-7-14)13(18-17)9-10-4-5-11(15)12(16)8-10/h4-5,8,13,18H,2-3,6-7,9,17H2,1H3. The van der Waals surface area contributed by atoms with Gasteiger partial charge in [0, 0.05) is 7.11 Å². The van der Waals surface area contributed by atoms with E-state index in [1.54, 1.807) is 13.2 Å². The van der Waals surface area contributed by atoms with Crippen molar-refractivity contribution in [2.24, 2.45) is 5.84 Å². The molecule has 5 heteroatoms. The molecule has 1 aromatic rings. The first-order valence-electron chi connectivity index (χ1n) is 6.56. The molecule has 0 aromatic heterocycles. The number of hydrogen-bond acceptors (Lipinski definition) is 3. The van der Waals surface area contributed by atoms with Gasteiger partial charge in [-0.2, -0.15) is 0 Å². The molecule has 1 aromatic carbocycles. The van der Waals surface area contributed by atoms with Crippen molar-refractivity contribution >= 4 is 11.6 Å². The van der Waals surface area contributed by atoms with Crippen molar-refractivity contribution in [2.75, 3.05) is 7.11 Å². The number of nitrogens with one attached hydrogen (secondary N) is 1. The van der Waals surface area contributed by atoms with Gasteiger partial charge in [-0.15, -0.1) is 0 Å². The first kappa shape index (κ1) is 14.7. The Morgan fingerprint density at radius 2 is 2.16 bits per heavy atom. The predicted octanol–water partition coefficient (Wildman–Crippen LogP) is 2.81. The van der Waals surface area contributed by atoms with E-state index >= 15 is 0 Å². The second-order valence-electron chi connectivity index (χ2n) is 5.15. The smallest absolute Gasteiger partial charge is 0.142 e. The topological polar surface area (TPSA) is 47.3 Å². The van der Waals surface area contributed by atoms with E-state index in [0.717, 1.165) is 31.2 Å². The lowest BCUT2D eigenvalue weighted by atomic mass is 9.87. The SMILES string of the molecule is COC1(C(Cc2ccc(Cl)c(F)c2)NN)CCCC1. The fourth-order valence-electron chi connectivity index (χ4n) is 2.97. The second kappa shape index (κ2) is 6.18. The van der Waals surface area contributed by atoms with Crippen molar-refractivity contribution in [3.8, 4) is 0 Å². The number of benzene rings is 1. The Balaban J connectivity index is 2.16. The quantitative estimate of drug-likeness (QED) is 0.646. The highest BCUT2D eigenvalue weighted by atomic mass is 35.5. The Morgan fingerprint density at radius 3 is 2.68 bits per heavy atom. The third-order valence-corrected chi connectivity index (χ3v) is 4.42.